The van der Waals surface area contributed by atoms with Crippen LogP contribution in [-0.2, 0) is 24.8 Å². The van der Waals surface area contributed by atoms with Crippen LogP contribution in [0.15, 0.2) is 24.3 Å². The molecular weight excluding hydrogens is 437 g/mol. The fourth-order valence-corrected chi connectivity index (χ4v) is 4.44. The molecule has 5 rings (SSSR count). The highest BCUT2D eigenvalue weighted by Gasteiger charge is 2.20. The molecule has 0 spiro atoms. The molecular formula is C24H26FN7O2. The van der Waals surface area contributed by atoms with E-state index < -0.39 is 5.82 Å². The van der Waals surface area contributed by atoms with Gasteiger partial charge in [0.1, 0.15) is 11.6 Å². The standard InChI is InChI=1S/C24H26FN7O2/c1-14-11-15(2)26-23-21(14)24(30-31(23)3)34-13-20(33)27-16-8-9-18(25)17(12-16)22-29-28-19-7-5-4-6-10-32(19)22/h8-9,11-12H,4-7,10,13H2,1-3H3,(H,27,33). The van der Waals surface area contributed by atoms with Crippen molar-refractivity contribution in [2.24, 2.45) is 7.05 Å². The van der Waals surface area contributed by atoms with Crippen LogP contribution in [0.1, 0.15) is 36.3 Å². The van der Waals surface area contributed by atoms with E-state index in [1.54, 1.807) is 17.8 Å². The van der Waals surface area contributed by atoms with E-state index in [0.29, 0.717) is 28.6 Å². The van der Waals surface area contributed by atoms with Gasteiger partial charge in [-0.2, -0.15) is 0 Å². The molecule has 0 fully saturated rings. The van der Waals surface area contributed by atoms with Gasteiger partial charge in [0.2, 0.25) is 5.88 Å². The minimum atomic E-state index is -0.410. The summed E-state index contributed by atoms with van der Waals surface area (Å²) in [6, 6.07) is 6.38. The summed E-state index contributed by atoms with van der Waals surface area (Å²) in [7, 11) is 1.78. The number of rotatable bonds is 5. The number of halogens is 1. The molecule has 9 nitrogen and oxygen atoms in total. The predicted molar refractivity (Wildman–Crippen MR) is 125 cm³/mol. The van der Waals surface area contributed by atoms with Gasteiger partial charge in [0.15, 0.2) is 18.1 Å². The third-order valence-corrected chi connectivity index (χ3v) is 6.03. The van der Waals surface area contributed by atoms with E-state index in [1.807, 2.05) is 24.5 Å². The minimum absolute atomic E-state index is 0.244. The lowest BCUT2D eigenvalue weighted by Gasteiger charge is -2.11. The Morgan fingerprint density at radius 2 is 2.03 bits per heavy atom. The molecule has 176 valence electrons. The second-order valence-electron chi connectivity index (χ2n) is 8.64. The van der Waals surface area contributed by atoms with Crippen molar-refractivity contribution in [3.63, 3.8) is 0 Å². The van der Waals surface area contributed by atoms with Crippen molar-refractivity contribution in [1.29, 1.82) is 0 Å². The van der Waals surface area contributed by atoms with E-state index >= 15 is 0 Å². The molecule has 4 aromatic rings. The van der Waals surface area contributed by atoms with Gasteiger partial charge in [-0.05, 0) is 56.5 Å². The van der Waals surface area contributed by atoms with E-state index in [0.717, 1.165) is 54.7 Å². The summed E-state index contributed by atoms with van der Waals surface area (Å²) in [6.45, 7) is 4.39. The van der Waals surface area contributed by atoms with Crippen molar-refractivity contribution in [3.8, 4) is 17.3 Å². The van der Waals surface area contributed by atoms with E-state index in [1.165, 1.54) is 12.1 Å². The first kappa shape index (κ1) is 22.0. The fraction of sp³-hybridized carbons (Fsp3) is 0.375. The number of ether oxygens (including phenoxy) is 1. The monoisotopic (exact) mass is 463 g/mol. The van der Waals surface area contributed by atoms with Gasteiger partial charge in [-0.1, -0.05) is 6.42 Å². The molecule has 0 saturated carbocycles. The number of anilines is 1. The maximum absolute atomic E-state index is 14.7. The number of benzene rings is 1. The van der Waals surface area contributed by atoms with Crippen molar-refractivity contribution in [2.75, 3.05) is 11.9 Å². The second-order valence-corrected chi connectivity index (χ2v) is 8.64. The topological polar surface area (TPSA) is 99.7 Å². The van der Waals surface area contributed by atoms with E-state index in [9.17, 15) is 9.18 Å². The summed E-state index contributed by atoms with van der Waals surface area (Å²) in [4.78, 5) is 17.1. The summed E-state index contributed by atoms with van der Waals surface area (Å²) in [5, 5.41) is 16.4. The van der Waals surface area contributed by atoms with Gasteiger partial charge in [0.05, 0.1) is 10.9 Å². The zero-order chi connectivity index (χ0) is 23.8. The Morgan fingerprint density at radius 3 is 2.88 bits per heavy atom. The summed E-state index contributed by atoms with van der Waals surface area (Å²) in [6.07, 6.45) is 4.00. The molecule has 34 heavy (non-hydrogen) atoms. The van der Waals surface area contributed by atoms with Crippen LogP contribution in [0.25, 0.3) is 22.4 Å². The van der Waals surface area contributed by atoms with E-state index in [-0.39, 0.29) is 12.5 Å². The largest absolute Gasteiger partial charge is 0.466 e. The van der Waals surface area contributed by atoms with Gasteiger partial charge >= 0.3 is 0 Å². The van der Waals surface area contributed by atoms with Crippen molar-refractivity contribution in [2.45, 2.75) is 46.1 Å². The highest BCUT2D eigenvalue weighted by Crippen LogP contribution is 2.29. The predicted octanol–water partition coefficient (Wildman–Crippen LogP) is 3.73. The summed E-state index contributed by atoms with van der Waals surface area (Å²) in [5.41, 5.74) is 3.32. The molecule has 1 aliphatic heterocycles. The van der Waals surface area contributed by atoms with Crippen molar-refractivity contribution >= 4 is 22.6 Å². The normalized spacial score (nSPS) is 13.5. The molecule has 4 heterocycles. The number of hydrogen-bond donors (Lipinski definition) is 1. The number of nitrogens with zero attached hydrogens (tertiary/aromatic N) is 6. The third-order valence-electron chi connectivity index (χ3n) is 6.03. The molecule has 1 aliphatic rings. The maximum Gasteiger partial charge on any atom is 0.262 e. The van der Waals surface area contributed by atoms with Gasteiger partial charge in [-0.25, -0.2) is 14.1 Å². The van der Waals surface area contributed by atoms with Crippen molar-refractivity contribution in [3.05, 3.63) is 47.2 Å². The zero-order valence-corrected chi connectivity index (χ0v) is 19.4. The Hall–Kier alpha value is -3.82. The lowest BCUT2D eigenvalue weighted by atomic mass is 10.1. The average Bonchev–Trinajstić information content (AvgIpc) is 3.24. The first-order chi connectivity index (χ1) is 16.4. The van der Waals surface area contributed by atoms with Crippen molar-refractivity contribution in [1.82, 2.24) is 29.5 Å². The first-order valence-electron chi connectivity index (χ1n) is 11.4. The molecule has 1 amide bonds. The van der Waals surface area contributed by atoms with Crippen LogP contribution in [0.4, 0.5) is 10.1 Å². The Morgan fingerprint density at radius 1 is 1.18 bits per heavy atom. The third kappa shape index (κ3) is 4.11. The smallest absolute Gasteiger partial charge is 0.262 e. The van der Waals surface area contributed by atoms with Crippen LogP contribution < -0.4 is 10.1 Å². The van der Waals surface area contributed by atoms with E-state index in [4.69, 9.17) is 4.74 Å². The SMILES string of the molecule is Cc1cc(C)c2c(OCC(=O)Nc3ccc(F)c(-c4nnc5n4CCCCC5)c3)nn(C)c2n1. The van der Waals surface area contributed by atoms with E-state index in [2.05, 4.69) is 25.6 Å². The summed E-state index contributed by atoms with van der Waals surface area (Å²) in [5.74, 6) is 0.918. The molecule has 0 bridgehead atoms. The summed E-state index contributed by atoms with van der Waals surface area (Å²) < 4.78 is 24.0. The number of hydrogen-bond acceptors (Lipinski definition) is 6. The molecule has 0 atom stereocenters. The average molecular weight is 464 g/mol. The number of aromatic nitrogens is 6. The van der Waals surface area contributed by atoms with Gasteiger partial charge < -0.3 is 14.6 Å². The molecule has 0 unspecified atom stereocenters. The minimum Gasteiger partial charge on any atom is -0.466 e. The van der Waals surface area contributed by atoms with Crippen molar-refractivity contribution < 1.29 is 13.9 Å². The molecule has 1 aromatic carbocycles. The lowest BCUT2D eigenvalue weighted by molar-refractivity contribution is -0.118. The van der Waals surface area contributed by atoms with Gasteiger partial charge in [0.25, 0.3) is 5.91 Å². The lowest BCUT2D eigenvalue weighted by Crippen LogP contribution is -2.20. The number of fused-ring (bicyclic) bond motifs is 2. The molecule has 1 N–H and O–H groups in total. The van der Waals surface area contributed by atoms with Crippen LogP contribution in [0.2, 0.25) is 0 Å². The number of carbonyl (C=O) groups excluding carboxylic acids is 1. The Kier molecular flexibility index (Phi) is 5.72. The number of aryl methyl sites for hydroxylation is 4. The number of nitrogens with one attached hydrogen (secondary N) is 1. The molecule has 3 aromatic heterocycles. The fourth-order valence-electron chi connectivity index (χ4n) is 4.44. The second kappa shape index (κ2) is 8.85. The number of amides is 1. The van der Waals surface area contributed by atoms with Crippen LogP contribution >= 0.6 is 0 Å². The molecule has 0 saturated heterocycles. The molecule has 0 aliphatic carbocycles. The molecule has 0 radical (unpaired) electrons. The quantitative estimate of drug-likeness (QED) is 0.484. The van der Waals surface area contributed by atoms with Crippen LogP contribution in [0.3, 0.4) is 0 Å². The van der Waals surface area contributed by atoms with Gasteiger partial charge in [-0.15, -0.1) is 15.3 Å². The summed E-state index contributed by atoms with van der Waals surface area (Å²) >= 11 is 0. The Labute approximate surface area is 196 Å². The highest BCUT2D eigenvalue weighted by atomic mass is 19.1. The maximum atomic E-state index is 14.7. The number of pyridine rings is 1. The van der Waals surface area contributed by atoms with Gasteiger partial charge in [-0.3, -0.25) is 4.79 Å². The van der Waals surface area contributed by atoms with Gasteiger partial charge in [0, 0.05) is 31.4 Å². The number of carbonyl (C=O) groups is 1. The Bertz CT molecular complexity index is 1390. The molecule has 10 heteroatoms. The van der Waals surface area contributed by atoms with Crippen LogP contribution in [0.5, 0.6) is 5.88 Å². The first-order valence-corrected chi connectivity index (χ1v) is 11.4. The van der Waals surface area contributed by atoms with Crippen LogP contribution in [-0.4, -0.2) is 42.0 Å². The highest BCUT2D eigenvalue weighted by molar-refractivity contribution is 5.93. The Balaban J connectivity index is 1.33. The van der Waals surface area contributed by atoms with Crippen LogP contribution in [0, 0.1) is 19.7 Å². The zero-order valence-electron chi connectivity index (χ0n) is 19.4.